The molecule has 0 spiro atoms. The van der Waals surface area contributed by atoms with Crippen LogP contribution in [0.1, 0.15) is 18.5 Å². The number of nitrogens with zero attached hydrogens (tertiary/aromatic N) is 3. The monoisotopic (exact) mass is 268 g/mol. The van der Waals surface area contributed by atoms with E-state index in [0.29, 0.717) is 0 Å². The van der Waals surface area contributed by atoms with Gasteiger partial charge in [0.25, 0.3) is 0 Å². The van der Waals surface area contributed by atoms with Crippen LogP contribution in [0.5, 0.6) is 0 Å². The van der Waals surface area contributed by atoms with Crippen molar-refractivity contribution in [1.82, 2.24) is 9.78 Å². The number of hydrogen-bond acceptors (Lipinski definition) is 4. The lowest BCUT2D eigenvalue weighted by Crippen LogP contribution is -2.14. The van der Waals surface area contributed by atoms with E-state index in [1.54, 1.807) is 0 Å². The number of nitro groups is 1. The summed E-state index contributed by atoms with van der Waals surface area (Å²) in [6, 6.07) is 2.54. The summed E-state index contributed by atoms with van der Waals surface area (Å²) in [6.45, 7) is 1.45. The van der Waals surface area contributed by atoms with E-state index in [1.807, 2.05) is 0 Å². The number of halogens is 2. The van der Waals surface area contributed by atoms with Gasteiger partial charge in [-0.2, -0.15) is 5.10 Å². The Morgan fingerprint density at radius 1 is 1.42 bits per heavy atom. The minimum absolute atomic E-state index is 0.243. The summed E-state index contributed by atoms with van der Waals surface area (Å²) in [7, 11) is 0. The first-order valence-corrected chi connectivity index (χ1v) is 5.34. The van der Waals surface area contributed by atoms with Crippen molar-refractivity contribution in [2.24, 2.45) is 0 Å². The normalized spacial score (nSPS) is 12.4. The first-order valence-electron chi connectivity index (χ1n) is 5.34. The molecule has 2 rings (SSSR count). The van der Waals surface area contributed by atoms with Crippen LogP contribution in [0.3, 0.4) is 0 Å². The van der Waals surface area contributed by atoms with Gasteiger partial charge in [-0.15, -0.1) is 0 Å². The Labute approximate surface area is 106 Å². The Hall–Kier alpha value is -2.51. The number of anilines is 1. The summed E-state index contributed by atoms with van der Waals surface area (Å²) in [5.41, 5.74) is 4.91. The second-order valence-electron chi connectivity index (χ2n) is 3.93. The van der Waals surface area contributed by atoms with Crippen molar-refractivity contribution >= 4 is 11.5 Å². The highest BCUT2D eigenvalue weighted by Gasteiger charge is 2.24. The van der Waals surface area contributed by atoms with Crippen molar-refractivity contribution in [3.05, 3.63) is 51.7 Å². The highest BCUT2D eigenvalue weighted by Crippen LogP contribution is 2.29. The molecule has 0 aliphatic heterocycles. The van der Waals surface area contributed by atoms with E-state index in [0.717, 1.165) is 23.0 Å². The lowest BCUT2D eigenvalue weighted by Gasteiger charge is -2.15. The summed E-state index contributed by atoms with van der Waals surface area (Å²) < 4.78 is 28.3. The van der Waals surface area contributed by atoms with Gasteiger partial charge in [-0.05, 0) is 19.1 Å². The maximum Gasteiger partial charge on any atom is 0.330 e. The van der Waals surface area contributed by atoms with Crippen LogP contribution >= 0.6 is 0 Å². The average molecular weight is 268 g/mol. The molecule has 0 aliphatic carbocycles. The SMILES string of the molecule is CC(c1c(F)cccc1F)n1ncc([N+](=O)[O-])c1N. The van der Waals surface area contributed by atoms with Gasteiger partial charge in [-0.3, -0.25) is 10.1 Å². The third kappa shape index (κ3) is 2.12. The third-order valence-corrected chi connectivity index (χ3v) is 2.79. The Bertz CT molecular complexity index is 621. The van der Waals surface area contributed by atoms with Gasteiger partial charge in [0.05, 0.1) is 11.0 Å². The molecule has 1 heterocycles. The molecule has 1 aromatic heterocycles. The molecule has 1 aromatic carbocycles. The minimum atomic E-state index is -0.894. The van der Waals surface area contributed by atoms with E-state index in [-0.39, 0.29) is 11.4 Å². The molecule has 0 saturated carbocycles. The summed E-state index contributed by atoms with van der Waals surface area (Å²) in [6.07, 6.45) is 0.949. The molecule has 0 radical (unpaired) electrons. The molecule has 0 fully saturated rings. The Morgan fingerprint density at radius 3 is 2.47 bits per heavy atom. The van der Waals surface area contributed by atoms with Gasteiger partial charge in [-0.25, -0.2) is 13.5 Å². The zero-order valence-electron chi connectivity index (χ0n) is 9.88. The summed E-state index contributed by atoms with van der Waals surface area (Å²) >= 11 is 0. The van der Waals surface area contributed by atoms with Gasteiger partial charge in [0.1, 0.15) is 17.8 Å². The van der Waals surface area contributed by atoms with Crippen molar-refractivity contribution in [2.75, 3.05) is 5.73 Å². The average Bonchev–Trinajstić information content (AvgIpc) is 2.70. The second kappa shape index (κ2) is 4.63. The van der Waals surface area contributed by atoms with Gasteiger partial charge < -0.3 is 5.73 Å². The third-order valence-electron chi connectivity index (χ3n) is 2.79. The van der Waals surface area contributed by atoms with E-state index >= 15 is 0 Å². The zero-order chi connectivity index (χ0) is 14.2. The highest BCUT2D eigenvalue weighted by molar-refractivity contribution is 5.52. The quantitative estimate of drug-likeness (QED) is 0.683. The van der Waals surface area contributed by atoms with E-state index in [9.17, 15) is 18.9 Å². The van der Waals surface area contributed by atoms with Gasteiger partial charge >= 0.3 is 5.69 Å². The molecule has 1 atom stereocenters. The Kier molecular flexibility index (Phi) is 3.16. The standard InChI is InChI=1S/C11H10F2N4O2/c1-6(10-7(12)3-2-4-8(10)13)16-11(14)9(5-15-16)17(18)19/h2-6H,14H2,1H3. The first-order chi connectivity index (χ1) is 8.93. The summed E-state index contributed by atoms with van der Waals surface area (Å²) in [4.78, 5) is 9.95. The van der Waals surface area contributed by atoms with Gasteiger partial charge in [0.15, 0.2) is 0 Å². The molecule has 0 bridgehead atoms. The molecule has 100 valence electrons. The lowest BCUT2D eigenvalue weighted by atomic mass is 10.1. The summed E-state index contributed by atoms with van der Waals surface area (Å²) in [5, 5.41) is 14.4. The molecular formula is C11H10F2N4O2. The largest absolute Gasteiger partial charge is 0.378 e. The van der Waals surface area contributed by atoms with Gasteiger partial charge in [-0.1, -0.05) is 6.07 Å². The molecule has 0 saturated heterocycles. The predicted molar refractivity (Wildman–Crippen MR) is 63.5 cm³/mol. The van der Waals surface area contributed by atoms with Crippen molar-refractivity contribution in [3.8, 4) is 0 Å². The fourth-order valence-corrected chi connectivity index (χ4v) is 1.84. The van der Waals surface area contributed by atoms with Crippen LogP contribution in [0, 0.1) is 21.7 Å². The number of nitrogens with two attached hydrogens (primary N) is 1. The molecule has 0 amide bonds. The molecule has 6 nitrogen and oxygen atoms in total. The van der Waals surface area contributed by atoms with Crippen molar-refractivity contribution < 1.29 is 13.7 Å². The highest BCUT2D eigenvalue weighted by atomic mass is 19.1. The molecule has 2 aromatic rings. The van der Waals surface area contributed by atoms with E-state index in [1.165, 1.54) is 13.0 Å². The van der Waals surface area contributed by atoms with Crippen molar-refractivity contribution in [1.29, 1.82) is 0 Å². The molecule has 0 aliphatic rings. The fraction of sp³-hybridized carbons (Fsp3) is 0.182. The number of rotatable bonds is 3. The zero-order valence-corrected chi connectivity index (χ0v) is 9.88. The minimum Gasteiger partial charge on any atom is -0.378 e. The Balaban J connectivity index is 2.51. The van der Waals surface area contributed by atoms with Crippen LogP contribution < -0.4 is 5.73 Å². The summed E-state index contributed by atoms with van der Waals surface area (Å²) in [5.74, 6) is -1.77. The van der Waals surface area contributed by atoms with Crippen LogP contribution in [-0.4, -0.2) is 14.7 Å². The molecule has 1 unspecified atom stereocenters. The van der Waals surface area contributed by atoms with E-state index in [4.69, 9.17) is 5.73 Å². The van der Waals surface area contributed by atoms with Crippen LogP contribution in [0.25, 0.3) is 0 Å². The maximum atomic E-state index is 13.6. The van der Waals surface area contributed by atoms with Crippen molar-refractivity contribution in [3.63, 3.8) is 0 Å². The fourth-order valence-electron chi connectivity index (χ4n) is 1.84. The van der Waals surface area contributed by atoms with Crippen molar-refractivity contribution in [2.45, 2.75) is 13.0 Å². The second-order valence-corrected chi connectivity index (χ2v) is 3.93. The van der Waals surface area contributed by atoms with Gasteiger partial charge in [0.2, 0.25) is 5.82 Å². The van der Waals surface area contributed by atoms with Crippen LogP contribution in [0.15, 0.2) is 24.4 Å². The predicted octanol–water partition coefficient (Wildman–Crippen LogP) is 2.26. The van der Waals surface area contributed by atoms with Crippen LogP contribution in [-0.2, 0) is 0 Å². The van der Waals surface area contributed by atoms with Crippen LogP contribution in [0.2, 0.25) is 0 Å². The molecule has 2 N–H and O–H groups in total. The van der Waals surface area contributed by atoms with Crippen LogP contribution in [0.4, 0.5) is 20.3 Å². The number of benzene rings is 1. The van der Waals surface area contributed by atoms with Gasteiger partial charge in [0, 0.05) is 5.56 Å². The number of aromatic nitrogens is 2. The first kappa shape index (κ1) is 12.9. The topological polar surface area (TPSA) is 87.0 Å². The smallest absolute Gasteiger partial charge is 0.330 e. The molecule has 8 heteroatoms. The molecular weight excluding hydrogens is 258 g/mol. The lowest BCUT2D eigenvalue weighted by molar-refractivity contribution is -0.384. The number of nitrogen functional groups attached to an aromatic ring is 1. The van der Waals surface area contributed by atoms with E-state index < -0.39 is 28.3 Å². The molecule has 19 heavy (non-hydrogen) atoms. The van der Waals surface area contributed by atoms with E-state index in [2.05, 4.69) is 5.10 Å². The number of hydrogen-bond donors (Lipinski definition) is 1. The Morgan fingerprint density at radius 2 is 2.00 bits per heavy atom. The maximum absolute atomic E-state index is 13.6.